The lowest BCUT2D eigenvalue weighted by atomic mass is 10.1. The largest absolute Gasteiger partial charge is 0.480 e. The predicted octanol–water partition coefficient (Wildman–Crippen LogP) is 0.682. The highest BCUT2D eigenvalue weighted by molar-refractivity contribution is 5.82. The molecule has 7 nitrogen and oxygen atoms in total. The van der Waals surface area contributed by atoms with Crippen LogP contribution in [0.3, 0.4) is 0 Å². The molecule has 0 aliphatic carbocycles. The molecule has 0 aromatic carbocycles. The Morgan fingerprint density at radius 1 is 1.42 bits per heavy atom. The van der Waals surface area contributed by atoms with Crippen LogP contribution in [0.15, 0.2) is 18.5 Å². The van der Waals surface area contributed by atoms with Gasteiger partial charge in [-0.1, -0.05) is 13.8 Å². The number of amides is 2. The van der Waals surface area contributed by atoms with E-state index < -0.39 is 18.0 Å². The maximum Gasteiger partial charge on any atom is 0.326 e. The van der Waals surface area contributed by atoms with Crippen molar-refractivity contribution in [3.05, 3.63) is 18.5 Å². The molecule has 0 radical (unpaired) electrons. The molecule has 1 aromatic heterocycles. The lowest BCUT2D eigenvalue weighted by Crippen LogP contribution is -2.48. The van der Waals surface area contributed by atoms with Gasteiger partial charge in [0.2, 0.25) is 0 Å². The normalized spacial score (nSPS) is 12.2. The number of hydrogen-bond donors (Lipinski definition) is 3. The van der Waals surface area contributed by atoms with Crippen LogP contribution in [-0.2, 0) is 11.3 Å². The standard InChI is InChI=1S/C12H20N4O3/c1-9(2)10(11(17)18)15-12(19)13-5-3-7-16-8-4-6-14-16/h4,6,8-10H,3,5,7H2,1-2H3,(H,17,18)(H2,13,15,19)/t10-/m0/s1. The van der Waals surface area contributed by atoms with Crippen LogP contribution in [0, 0.1) is 5.92 Å². The quantitative estimate of drug-likeness (QED) is 0.634. The highest BCUT2D eigenvalue weighted by atomic mass is 16.4. The van der Waals surface area contributed by atoms with Crippen molar-refractivity contribution in [1.82, 2.24) is 20.4 Å². The van der Waals surface area contributed by atoms with E-state index in [0.717, 1.165) is 6.42 Å². The van der Waals surface area contributed by atoms with E-state index in [1.54, 1.807) is 24.7 Å². The number of carboxylic acid groups (broad SMARTS) is 1. The fourth-order valence-electron chi connectivity index (χ4n) is 1.58. The van der Waals surface area contributed by atoms with E-state index in [2.05, 4.69) is 15.7 Å². The topological polar surface area (TPSA) is 96.3 Å². The summed E-state index contributed by atoms with van der Waals surface area (Å²) in [6.07, 6.45) is 4.27. The Hall–Kier alpha value is -2.05. The van der Waals surface area contributed by atoms with Crippen LogP contribution in [0.2, 0.25) is 0 Å². The molecular weight excluding hydrogens is 248 g/mol. The zero-order valence-electron chi connectivity index (χ0n) is 11.2. The van der Waals surface area contributed by atoms with Crippen LogP contribution in [0.25, 0.3) is 0 Å². The maximum absolute atomic E-state index is 11.5. The second-order valence-electron chi connectivity index (χ2n) is 4.58. The molecule has 0 saturated heterocycles. The number of carbonyl (C=O) groups excluding carboxylic acids is 1. The van der Waals surface area contributed by atoms with Gasteiger partial charge in [0.25, 0.3) is 0 Å². The number of nitrogens with one attached hydrogen (secondary N) is 2. The molecule has 0 saturated carbocycles. The first-order valence-corrected chi connectivity index (χ1v) is 6.25. The molecule has 0 bridgehead atoms. The monoisotopic (exact) mass is 268 g/mol. The Bertz CT molecular complexity index is 403. The number of aromatic nitrogens is 2. The van der Waals surface area contributed by atoms with Crippen molar-refractivity contribution in [3.8, 4) is 0 Å². The van der Waals surface area contributed by atoms with Crippen molar-refractivity contribution in [1.29, 1.82) is 0 Å². The van der Waals surface area contributed by atoms with Gasteiger partial charge in [0, 0.05) is 25.5 Å². The van der Waals surface area contributed by atoms with E-state index in [0.29, 0.717) is 13.1 Å². The summed E-state index contributed by atoms with van der Waals surface area (Å²) in [5, 5.41) is 18.0. The van der Waals surface area contributed by atoms with E-state index in [4.69, 9.17) is 5.11 Å². The van der Waals surface area contributed by atoms with Crippen LogP contribution in [0.1, 0.15) is 20.3 Å². The molecule has 1 aromatic rings. The van der Waals surface area contributed by atoms with Crippen molar-refractivity contribution in [2.45, 2.75) is 32.9 Å². The summed E-state index contributed by atoms with van der Waals surface area (Å²) >= 11 is 0. The highest BCUT2D eigenvalue weighted by Gasteiger charge is 2.22. The van der Waals surface area contributed by atoms with Crippen LogP contribution in [0.4, 0.5) is 4.79 Å². The van der Waals surface area contributed by atoms with Crippen molar-refractivity contribution < 1.29 is 14.7 Å². The van der Waals surface area contributed by atoms with Crippen LogP contribution in [0.5, 0.6) is 0 Å². The number of carboxylic acids is 1. The minimum absolute atomic E-state index is 0.160. The smallest absolute Gasteiger partial charge is 0.326 e. The average Bonchev–Trinajstić information content (AvgIpc) is 2.84. The van der Waals surface area contributed by atoms with Crippen LogP contribution in [-0.4, -0.2) is 39.5 Å². The van der Waals surface area contributed by atoms with Gasteiger partial charge < -0.3 is 15.7 Å². The van der Waals surface area contributed by atoms with Gasteiger partial charge in [0.15, 0.2) is 0 Å². The van der Waals surface area contributed by atoms with E-state index in [1.807, 2.05) is 12.3 Å². The van der Waals surface area contributed by atoms with Gasteiger partial charge in [-0.05, 0) is 18.4 Å². The number of urea groups is 1. The van der Waals surface area contributed by atoms with Gasteiger partial charge in [-0.25, -0.2) is 9.59 Å². The highest BCUT2D eigenvalue weighted by Crippen LogP contribution is 2.01. The first kappa shape index (κ1) is 15.0. The summed E-state index contributed by atoms with van der Waals surface area (Å²) in [6.45, 7) is 4.67. The summed E-state index contributed by atoms with van der Waals surface area (Å²) in [5.41, 5.74) is 0. The third-order valence-electron chi connectivity index (χ3n) is 2.63. The van der Waals surface area contributed by atoms with Gasteiger partial charge in [0.1, 0.15) is 6.04 Å². The molecule has 0 aliphatic rings. The zero-order chi connectivity index (χ0) is 14.3. The lowest BCUT2D eigenvalue weighted by molar-refractivity contribution is -0.140. The van der Waals surface area contributed by atoms with E-state index in [-0.39, 0.29) is 5.92 Å². The Morgan fingerprint density at radius 3 is 2.68 bits per heavy atom. The summed E-state index contributed by atoms with van der Waals surface area (Å²) in [4.78, 5) is 22.4. The third-order valence-corrected chi connectivity index (χ3v) is 2.63. The van der Waals surface area contributed by atoms with E-state index in [9.17, 15) is 9.59 Å². The molecule has 7 heteroatoms. The SMILES string of the molecule is CC(C)[C@H](NC(=O)NCCCn1cccn1)C(=O)O. The number of nitrogens with zero attached hydrogens (tertiary/aromatic N) is 2. The van der Waals surface area contributed by atoms with Crippen molar-refractivity contribution in [2.75, 3.05) is 6.54 Å². The summed E-state index contributed by atoms with van der Waals surface area (Å²) in [6, 6.07) is 0.507. The number of aryl methyl sites for hydroxylation is 1. The Morgan fingerprint density at radius 2 is 2.16 bits per heavy atom. The Kier molecular flexibility index (Phi) is 5.84. The average molecular weight is 268 g/mol. The van der Waals surface area contributed by atoms with Crippen LogP contribution >= 0.6 is 0 Å². The first-order chi connectivity index (χ1) is 9.00. The molecule has 2 amide bonds. The van der Waals surface area contributed by atoms with Crippen molar-refractivity contribution in [3.63, 3.8) is 0 Å². The Balaban J connectivity index is 2.21. The minimum atomic E-state index is -1.03. The lowest BCUT2D eigenvalue weighted by Gasteiger charge is -2.18. The fourth-order valence-corrected chi connectivity index (χ4v) is 1.58. The zero-order valence-corrected chi connectivity index (χ0v) is 11.2. The number of aliphatic carboxylic acids is 1. The number of carbonyl (C=O) groups is 2. The summed E-state index contributed by atoms with van der Waals surface area (Å²) < 4.78 is 1.77. The second-order valence-corrected chi connectivity index (χ2v) is 4.58. The number of rotatable bonds is 7. The molecule has 0 aliphatic heterocycles. The molecule has 1 atom stereocenters. The molecule has 19 heavy (non-hydrogen) atoms. The van der Waals surface area contributed by atoms with Gasteiger partial charge in [-0.2, -0.15) is 5.10 Å². The predicted molar refractivity (Wildman–Crippen MR) is 69.6 cm³/mol. The molecule has 0 unspecified atom stereocenters. The van der Waals surface area contributed by atoms with Gasteiger partial charge >= 0.3 is 12.0 Å². The van der Waals surface area contributed by atoms with Gasteiger partial charge in [-0.15, -0.1) is 0 Å². The number of hydrogen-bond acceptors (Lipinski definition) is 3. The van der Waals surface area contributed by atoms with Crippen molar-refractivity contribution in [2.24, 2.45) is 5.92 Å². The molecule has 0 fully saturated rings. The molecule has 1 rings (SSSR count). The molecule has 3 N–H and O–H groups in total. The fraction of sp³-hybridized carbons (Fsp3) is 0.583. The first-order valence-electron chi connectivity index (χ1n) is 6.25. The van der Waals surface area contributed by atoms with Crippen molar-refractivity contribution >= 4 is 12.0 Å². The van der Waals surface area contributed by atoms with Crippen LogP contribution < -0.4 is 10.6 Å². The van der Waals surface area contributed by atoms with Gasteiger partial charge in [-0.3, -0.25) is 4.68 Å². The second kappa shape index (κ2) is 7.40. The molecular formula is C12H20N4O3. The van der Waals surface area contributed by atoms with Gasteiger partial charge in [0.05, 0.1) is 0 Å². The minimum Gasteiger partial charge on any atom is -0.480 e. The van der Waals surface area contributed by atoms with E-state index in [1.165, 1.54) is 0 Å². The molecule has 0 spiro atoms. The summed E-state index contributed by atoms with van der Waals surface area (Å²) in [5.74, 6) is -1.19. The third kappa shape index (κ3) is 5.41. The molecule has 1 heterocycles. The maximum atomic E-state index is 11.5. The van der Waals surface area contributed by atoms with E-state index >= 15 is 0 Å². The molecule has 106 valence electrons. The Labute approximate surface area is 112 Å². The summed E-state index contributed by atoms with van der Waals surface area (Å²) in [7, 11) is 0.